The van der Waals surface area contributed by atoms with Gasteiger partial charge in [0.05, 0.1) is 5.69 Å². The van der Waals surface area contributed by atoms with Gasteiger partial charge in [-0.25, -0.2) is 4.98 Å². The second kappa shape index (κ2) is 8.57. The minimum atomic E-state index is 0.000260. The first-order valence-corrected chi connectivity index (χ1v) is 10.5. The minimum absolute atomic E-state index is 0.000260. The van der Waals surface area contributed by atoms with Gasteiger partial charge in [0.25, 0.3) is 5.56 Å². The summed E-state index contributed by atoms with van der Waals surface area (Å²) >= 11 is 1.74. The lowest BCUT2D eigenvalue weighted by Crippen LogP contribution is -2.20. The third kappa shape index (κ3) is 4.69. The third-order valence-corrected chi connectivity index (χ3v) is 6.32. The number of aromatic nitrogens is 2. The van der Waals surface area contributed by atoms with Gasteiger partial charge < -0.3 is 4.98 Å². The summed E-state index contributed by atoms with van der Waals surface area (Å²) in [7, 11) is 0. The highest BCUT2D eigenvalue weighted by atomic mass is 32.2. The Morgan fingerprint density at radius 3 is 2.11 bits per heavy atom. The molecule has 0 radical (unpaired) electrons. The van der Waals surface area contributed by atoms with E-state index in [2.05, 4.69) is 29.2 Å². The molecule has 0 saturated heterocycles. The maximum Gasteiger partial charge on any atom is 0.255 e. The molecule has 1 aromatic heterocycles. The van der Waals surface area contributed by atoms with E-state index < -0.39 is 0 Å². The van der Waals surface area contributed by atoms with Gasteiger partial charge in [-0.2, -0.15) is 0 Å². The third-order valence-electron chi connectivity index (χ3n) is 5.10. The Morgan fingerprint density at radius 2 is 1.48 bits per heavy atom. The second-order valence-corrected chi connectivity index (χ2v) is 8.43. The lowest BCUT2D eigenvalue weighted by Gasteiger charge is -2.13. The zero-order chi connectivity index (χ0) is 18.5. The fourth-order valence-electron chi connectivity index (χ4n) is 3.66. The van der Waals surface area contributed by atoms with Crippen molar-refractivity contribution in [1.29, 1.82) is 0 Å². The van der Waals surface area contributed by atoms with Crippen LogP contribution < -0.4 is 5.56 Å². The number of nitrogens with zero attached hydrogens (tertiary/aromatic N) is 1. The molecule has 1 aliphatic carbocycles. The van der Waals surface area contributed by atoms with Crippen molar-refractivity contribution in [2.45, 2.75) is 48.9 Å². The lowest BCUT2D eigenvalue weighted by molar-refractivity contribution is 0.827. The lowest BCUT2D eigenvalue weighted by atomic mass is 10.0. The minimum Gasteiger partial charge on any atom is -0.301 e. The monoisotopic (exact) mass is 376 g/mol. The molecule has 4 heteroatoms. The number of benzene rings is 2. The zero-order valence-corrected chi connectivity index (χ0v) is 16.2. The normalized spacial score (nSPS) is 14.5. The molecular weight excluding hydrogens is 352 g/mol. The molecule has 1 N–H and O–H groups in total. The number of hydrogen-bond acceptors (Lipinski definition) is 3. The van der Waals surface area contributed by atoms with Crippen LogP contribution in [0.5, 0.6) is 0 Å². The Labute approximate surface area is 164 Å². The second-order valence-electron chi connectivity index (χ2n) is 7.15. The van der Waals surface area contributed by atoms with Gasteiger partial charge in [-0.3, -0.25) is 4.79 Å². The summed E-state index contributed by atoms with van der Waals surface area (Å²) in [5.41, 5.74) is 3.99. The molecule has 0 unspecified atom stereocenters. The van der Waals surface area contributed by atoms with Crippen molar-refractivity contribution in [2.75, 3.05) is 0 Å². The van der Waals surface area contributed by atoms with Crippen molar-refractivity contribution in [3.05, 3.63) is 93.4 Å². The van der Waals surface area contributed by atoms with Crippen LogP contribution in [0.25, 0.3) is 0 Å². The van der Waals surface area contributed by atoms with Gasteiger partial charge in [-0.1, -0.05) is 85.3 Å². The highest BCUT2D eigenvalue weighted by Gasteiger charge is 2.19. The maximum atomic E-state index is 12.9. The predicted octanol–water partition coefficient (Wildman–Crippen LogP) is 4.99. The molecule has 1 aliphatic rings. The van der Waals surface area contributed by atoms with E-state index in [1.165, 1.54) is 31.2 Å². The van der Waals surface area contributed by atoms with Crippen molar-refractivity contribution >= 4 is 11.8 Å². The first kappa shape index (κ1) is 18.1. The fourth-order valence-corrected chi connectivity index (χ4v) is 4.86. The molecule has 3 nitrogen and oxygen atoms in total. The van der Waals surface area contributed by atoms with Crippen LogP contribution in [0, 0.1) is 0 Å². The number of H-pyrrole nitrogens is 1. The SMILES string of the molecule is O=c1[nH]c(SC2CCCC2)nc(Cc2ccccc2)c1Cc1ccccc1. The van der Waals surface area contributed by atoms with Crippen LogP contribution in [0.1, 0.15) is 48.1 Å². The predicted molar refractivity (Wildman–Crippen MR) is 111 cm³/mol. The molecule has 0 bridgehead atoms. The van der Waals surface area contributed by atoms with E-state index in [0.29, 0.717) is 18.1 Å². The molecule has 0 aliphatic heterocycles. The van der Waals surface area contributed by atoms with E-state index >= 15 is 0 Å². The van der Waals surface area contributed by atoms with E-state index in [1.54, 1.807) is 11.8 Å². The van der Waals surface area contributed by atoms with Gasteiger partial charge in [0, 0.05) is 23.7 Å². The summed E-state index contributed by atoms with van der Waals surface area (Å²) < 4.78 is 0. The Balaban J connectivity index is 1.68. The largest absolute Gasteiger partial charge is 0.301 e. The molecule has 138 valence electrons. The van der Waals surface area contributed by atoms with Crippen LogP contribution in [0.2, 0.25) is 0 Å². The van der Waals surface area contributed by atoms with Crippen molar-refractivity contribution < 1.29 is 0 Å². The van der Waals surface area contributed by atoms with Crippen LogP contribution in [0.3, 0.4) is 0 Å². The van der Waals surface area contributed by atoms with Gasteiger partial charge in [-0.15, -0.1) is 0 Å². The topological polar surface area (TPSA) is 45.8 Å². The van der Waals surface area contributed by atoms with Crippen molar-refractivity contribution in [3.8, 4) is 0 Å². The molecule has 1 saturated carbocycles. The van der Waals surface area contributed by atoms with E-state index in [9.17, 15) is 4.79 Å². The van der Waals surface area contributed by atoms with Crippen molar-refractivity contribution in [2.24, 2.45) is 0 Å². The van der Waals surface area contributed by atoms with Crippen molar-refractivity contribution in [1.82, 2.24) is 9.97 Å². The Hall–Kier alpha value is -2.33. The van der Waals surface area contributed by atoms with Crippen LogP contribution in [-0.4, -0.2) is 15.2 Å². The summed E-state index contributed by atoms with van der Waals surface area (Å²) in [6.07, 6.45) is 6.29. The Bertz CT molecular complexity index is 932. The first-order valence-electron chi connectivity index (χ1n) is 9.64. The van der Waals surface area contributed by atoms with Crippen LogP contribution in [0.4, 0.5) is 0 Å². The van der Waals surface area contributed by atoms with Crippen molar-refractivity contribution in [3.63, 3.8) is 0 Å². The van der Waals surface area contributed by atoms with E-state index in [4.69, 9.17) is 4.98 Å². The van der Waals surface area contributed by atoms with Gasteiger partial charge in [0.1, 0.15) is 0 Å². The fraction of sp³-hybridized carbons (Fsp3) is 0.304. The molecule has 0 spiro atoms. The van der Waals surface area contributed by atoms with Gasteiger partial charge >= 0.3 is 0 Å². The van der Waals surface area contributed by atoms with Gasteiger partial charge in [0.2, 0.25) is 0 Å². The Kier molecular flexibility index (Phi) is 5.73. The summed E-state index contributed by atoms with van der Waals surface area (Å²) in [5, 5.41) is 1.35. The number of nitrogens with one attached hydrogen (secondary N) is 1. The number of hydrogen-bond donors (Lipinski definition) is 1. The molecule has 3 aromatic rings. The summed E-state index contributed by atoms with van der Waals surface area (Å²) in [5.74, 6) is 0. The molecule has 27 heavy (non-hydrogen) atoms. The molecular formula is C23H24N2OS. The summed E-state index contributed by atoms with van der Waals surface area (Å²) in [4.78, 5) is 20.9. The van der Waals surface area contributed by atoms with E-state index in [1.807, 2.05) is 36.4 Å². The summed E-state index contributed by atoms with van der Waals surface area (Å²) in [6.45, 7) is 0. The number of aromatic amines is 1. The molecule has 2 aromatic carbocycles. The molecule has 1 fully saturated rings. The van der Waals surface area contributed by atoms with Crippen LogP contribution >= 0.6 is 11.8 Å². The summed E-state index contributed by atoms with van der Waals surface area (Å²) in [6, 6.07) is 20.4. The van der Waals surface area contributed by atoms with E-state index in [0.717, 1.165) is 22.0 Å². The quantitative estimate of drug-likeness (QED) is 0.617. The van der Waals surface area contributed by atoms with Crippen LogP contribution in [0.15, 0.2) is 70.6 Å². The smallest absolute Gasteiger partial charge is 0.255 e. The standard InChI is InChI=1S/C23H24N2OS/c26-22-20(15-17-9-3-1-4-10-17)21(16-18-11-5-2-6-12-18)24-23(25-22)27-19-13-7-8-14-19/h1-6,9-12,19H,7-8,13-16H2,(H,24,25,26). The first-order chi connectivity index (χ1) is 13.3. The number of thioether (sulfide) groups is 1. The Morgan fingerprint density at radius 1 is 0.889 bits per heavy atom. The highest BCUT2D eigenvalue weighted by molar-refractivity contribution is 7.99. The molecule has 4 rings (SSSR count). The van der Waals surface area contributed by atoms with Crippen LogP contribution in [-0.2, 0) is 12.8 Å². The maximum absolute atomic E-state index is 12.9. The van der Waals surface area contributed by atoms with Gasteiger partial charge in [-0.05, 0) is 24.0 Å². The van der Waals surface area contributed by atoms with E-state index in [-0.39, 0.29) is 5.56 Å². The average Bonchev–Trinajstić information content (AvgIpc) is 3.19. The molecule has 0 amide bonds. The zero-order valence-electron chi connectivity index (χ0n) is 15.4. The molecule has 0 atom stereocenters. The van der Waals surface area contributed by atoms with Gasteiger partial charge in [0.15, 0.2) is 5.16 Å². The molecule has 1 heterocycles. The highest BCUT2D eigenvalue weighted by Crippen LogP contribution is 2.33. The average molecular weight is 377 g/mol. The number of rotatable bonds is 6.